The summed E-state index contributed by atoms with van der Waals surface area (Å²) < 4.78 is 25.1. The molecular weight excluding hydrogens is 664 g/mol. The van der Waals surface area contributed by atoms with Crippen molar-refractivity contribution in [2.75, 3.05) is 26.2 Å². The van der Waals surface area contributed by atoms with Gasteiger partial charge >= 0.3 is 0 Å². The number of carbonyl (C=O) groups excluding carboxylic acids is 4. The molecule has 8 rings (SSSR count). The predicted molar refractivity (Wildman–Crippen MR) is 185 cm³/mol. The first-order valence-electron chi connectivity index (χ1n) is 17.4. The maximum Gasteiger partial charge on any atom is 0.255 e. The Morgan fingerprint density at radius 1 is 0.538 bits per heavy atom. The molecule has 0 aliphatic carbocycles. The van der Waals surface area contributed by atoms with Gasteiger partial charge < -0.3 is 39.4 Å². The van der Waals surface area contributed by atoms with E-state index in [0.717, 1.165) is 11.1 Å². The van der Waals surface area contributed by atoms with Crippen LogP contribution in [0.1, 0.15) is 22.3 Å². The Bertz CT molecular complexity index is 1790. The largest absolute Gasteiger partial charge is 0.352 e. The number of amides is 4. The maximum atomic E-state index is 13.6. The molecule has 4 bridgehead atoms. The minimum Gasteiger partial charge on any atom is -0.352 e. The topological polar surface area (TPSA) is 136 Å². The highest BCUT2D eigenvalue weighted by Gasteiger charge is 2.61. The number of fused-ring (bicyclic) bond motifs is 4. The Hall–Kier alpha value is -5.40. The molecule has 0 aromatic heterocycles. The van der Waals surface area contributed by atoms with Crippen molar-refractivity contribution < 1.29 is 38.1 Å². The summed E-state index contributed by atoms with van der Waals surface area (Å²) in [6.07, 6.45) is -4.74. The van der Waals surface area contributed by atoms with Crippen LogP contribution in [0, 0.1) is 0 Å². The van der Waals surface area contributed by atoms with Crippen molar-refractivity contribution in [3.63, 3.8) is 0 Å². The molecule has 12 nitrogen and oxygen atoms in total. The van der Waals surface area contributed by atoms with Gasteiger partial charge in [-0.05, 0) is 11.1 Å². The lowest BCUT2D eigenvalue weighted by atomic mass is 10.0. The second kappa shape index (κ2) is 14.0. The van der Waals surface area contributed by atoms with E-state index in [0.29, 0.717) is 24.2 Å². The molecule has 12 heteroatoms. The zero-order valence-electron chi connectivity index (χ0n) is 28.3. The number of hydrogen-bond donors (Lipinski definition) is 2. The van der Waals surface area contributed by atoms with Crippen molar-refractivity contribution >= 4 is 23.6 Å². The molecule has 4 aliphatic rings. The molecule has 4 amide bonds. The molecule has 0 saturated carbocycles. The molecule has 4 aliphatic heterocycles. The van der Waals surface area contributed by atoms with E-state index in [2.05, 4.69) is 10.6 Å². The summed E-state index contributed by atoms with van der Waals surface area (Å²) in [6.45, 7) is 0.935. The highest BCUT2D eigenvalue weighted by atomic mass is 16.8. The Kier molecular flexibility index (Phi) is 9.06. The Morgan fingerprint density at radius 2 is 0.885 bits per heavy atom. The van der Waals surface area contributed by atoms with Crippen LogP contribution in [0.5, 0.6) is 0 Å². The van der Waals surface area contributed by atoms with E-state index >= 15 is 0 Å². The van der Waals surface area contributed by atoms with Crippen LogP contribution in [0.25, 0.3) is 0 Å². The van der Waals surface area contributed by atoms with Crippen molar-refractivity contribution in [1.29, 1.82) is 0 Å². The summed E-state index contributed by atoms with van der Waals surface area (Å²) in [7, 11) is 0. The lowest BCUT2D eigenvalue weighted by Gasteiger charge is -2.38. The highest BCUT2D eigenvalue weighted by molar-refractivity contribution is 5.93. The van der Waals surface area contributed by atoms with E-state index in [1.165, 1.54) is 0 Å². The van der Waals surface area contributed by atoms with E-state index in [-0.39, 0.29) is 38.0 Å². The zero-order chi connectivity index (χ0) is 35.7. The van der Waals surface area contributed by atoms with Crippen LogP contribution in [0.4, 0.5) is 0 Å². The van der Waals surface area contributed by atoms with Crippen LogP contribution in [-0.4, -0.2) is 84.0 Å². The molecule has 4 aromatic carbocycles. The van der Waals surface area contributed by atoms with Crippen molar-refractivity contribution in [2.24, 2.45) is 0 Å². The Labute approximate surface area is 300 Å². The van der Waals surface area contributed by atoms with Crippen LogP contribution in [0.15, 0.2) is 121 Å². The summed E-state index contributed by atoms with van der Waals surface area (Å²) in [4.78, 5) is 57.7. The van der Waals surface area contributed by atoms with Gasteiger partial charge in [-0.2, -0.15) is 0 Å². The molecule has 4 saturated heterocycles. The van der Waals surface area contributed by atoms with Gasteiger partial charge in [-0.15, -0.1) is 0 Å². The number of rotatable bonds is 11. The Morgan fingerprint density at radius 3 is 1.25 bits per heavy atom. The fourth-order valence-corrected chi connectivity index (χ4v) is 7.32. The molecule has 4 aromatic rings. The normalized spacial score (nSPS) is 27.8. The minimum atomic E-state index is -1.32. The molecule has 0 radical (unpaired) electrons. The number of hydrogen-bond acceptors (Lipinski definition) is 8. The second-order valence-corrected chi connectivity index (χ2v) is 13.3. The number of nitrogens with zero attached hydrogens (tertiary/aromatic N) is 2. The quantitative estimate of drug-likeness (QED) is 0.228. The van der Waals surface area contributed by atoms with E-state index in [1.807, 2.05) is 121 Å². The molecule has 0 spiro atoms. The third-order valence-corrected chi connectivity index (χ3v) is 9.83. The van der Waals surface area contributed by atoms with Crippen LogP contribution >= 0.6 is 0 Å². The van der Waals surface area contributed by atoms with Gasteiger partial charge in [0.25, 0.3) is 23.6 Å². The average Bonchev–Trinajstić information content (AvgIpc) is 3.71. The number of benzene rings is 4. The van der Waals surface area contributed by atoms with Gasteiger partial charge in [-0.25, -0.2) is 0 Å². The summed E-state index contributed by atoms with van der Waals surface area (Å²) in [5, 5.41) is 5.57. The number of ether oxygens (including phenoxy) is 4. The molecule has 266 valence electrons. The molecule has 4 fully saturated rings. The van der Waals surface area contributed by atoms with Crippen LogP contribution < -0.4 is 10.6 Å². The molecule has 4 heterocycles. The van der Waals surface area contributed by atoms with Gasteiger partial charge in [0.15, 0.2) is 24.4 Å². The summed E-state index contributed by atoms with van der Waals surface area (Å²) >= 11 is 0. The standard InChI is InChI=1S/C40H38N4O8/c45-35(31-33-37(47)43(23-27-13-5-1-6-14-27)25-39(49-31,51-33)29-17-9-3-10-18-29)41-21-22-42-36(46)32-34-38(48)44(24-28-15-7-2-8-16-28)26-40(50-32,52-34)30-19-11-4-12-20-30/h1-20,31-34H,21-26H2,(H,41,45)(H,42,46). The van der Waals surface area contributed by atoms with E-state index in [9.17, 15) is 19.2 Å². The first kappa shape index (κ1) is 33.7. The number of nitrogens with one attached hydrogen (secondary N) is 2. The molecular formula is C40H38N4O8. The van der Waals surface area contributed by atoms with Gasteiger partial charge in [0, 0.05) is 37.3 Å². The van der Waals surface area contributed by atoms with Gasteiger partial charge in [-0.3, -0.25) is 19.2 Å². The van der Waals surface area contributed by atoms with Crippen molar-refractivity contribution in [2.45, 2.75) is 49.1 Å². The SMILES string of the molecule is O=C(NCCNC(=O)C1OC2(c3ccccc3)CN(Cc3ccccc3)C(=O)C1O2)C1OC2(c3ccccc3)CN(Cc3ccccc3)C(=O)C1O2. The lowest BCUT2D eigenvalue weighted by Crippen LogP contribution is -2.54. The van der Waals surface area contributed by atoms with Gasteiger partial charge in [0.2, 0.25) is 11.6 Å². The van der Waals surface area contributed by atoms with Gasteiger partial charge in [0.05, 0.1) is 13.1 Å². The number of morpholine rings is 2. The smallest absolute Gasteiger partial charge is 0.255 e. The lowest BCUT2D eigenvalue weighted by molar-refractivity contribution is -0.218. The fraction of sp³-hybridized carbons (Fsp3) is 0.300. The fourth-order valence-electron chi connectivity index (χ4n) is 7.32. The third-order valence-electron chi connectivity index (χ3n) is 9.83. The summed E-state index contributed by atoms with van der Waals surface area (Å²) in [5.41, 5.74) is 3.28. The van der Waals surface area contributed by atoms with Crippen molar-refractivity contribution in [1.82, 2.24) is 20.4 Å². The van der Waals surface area contributed by atoms with Crippen molar-refractivity contribution in [3.05, 3.63) is 144 Å². The monoisotopic (exact) mass is 702 g/mol. The van der Waals surface area contributed by atoms with E-state index in [4.69, 9.17) is 18.9 Å². The van der Waals surface area contributed by atoms with E-state index < -0.39 is 47.8 Å². The maximum absolute atomic E-state index is 13.6. The molecule has 6 unspecified atom stereocenters. The Balaban J connectivity index is 0.921. The van der Waals surface area contributed by atoms with Crippen molar-refractivity contribution in [3.8, 4) is 0 Å². The first-order chi connectivity index (χ1) is 25.3. The first-order valence-corrected chi connectivity index (χ1v) is 17.4. The van der Waals surface area contributed by atoms with Crippen LogP contribution in [0.2, 0.25) is 0 Å². The minimum absolute atomic E-state index is 0.0214. The summed E-state index contributed by atoms with van der Waals surface area (Å²) in [6, 6.07) is 37.7. The van der Waals surface area contributed by atoms with Crippen LogP contribution in [-0.2, 0) is 62.8 Å². The molecule has 2 N–H and O–H groups in total. The number of carbonyl (C=O) groups is 4. The zero-order valence-corrected chi connectivity index (χ0v) is 28.3. The van der Waals surface area contributed by atoms with E-state index in [1.54, 1.807) is 9.80 Å². The van der Waals surface area contributed by atoms with Gasteiger partial charge in [0.1, 0.15) is 0 Å². The third kappa shape index (κ3) is 6.34. The summed E-state index contributed by atoms with van der Waals surface area (Å²) in [5.74, 6) is -4.42. The molecule has 6 atom stereocenters. The second-order valence-electron chi connectivity index (χ2n) is 13.3. The average molecular weight is 703 g/mol. The van der Waals surface area contributed by atoms with Crippen LogP contribution in [0.3, 0.4) is 0 Å². The molecule has 52 heavy (non-hydrogen) atoms. The predicted octanol–water partition coefficient (Wildman–Crippen LogP) is 2.58. The highest BCUT2D eigenvalue weighted by Crippen LogP contribution is 2.44. The van der Waals surface area contributed by atoms with Gasteiger partial charge in [-0.1, -0.05) is 121 Å².